The summed E-state index contributed by atoms with van der Waals surface area (Å²) in [6.45, 7) is 17.6. The Bertz CT molecular complexity index is 946. The normalized spacial score (nSPS) is 18.5. The van der Waals surface area contributed by atoms with Gasteiger partial charge < -0.3 is 20.1 Å². The molecule has 6 nitrogen and oxygen atoms in total. The topological polar surface area (TPSA) is 70.5 Å². The molecule has 4 rings (SSSR count). The highest BCUT2D eigenvalue weighted by Gasteiger charge is 2.46. The molecule has 1 aromatic carbocycles. The number of anilines is 1. The summed E-state index contributed by atoms with van der Waals surface area (Å²) >= 11 is 0. The summed E-state index contributed by atoms with van der Waals surface area (Å²) in [7, 11) is 1.78. The fourth-order valence-corrected chi connectivity index (χ4v) is 4.55. The Balaban J connectivity index is 0.000000332. The Labute approximate surface area is 208 Å². The summed E-state index contributed by atoms with van der Waals surface area (Å²) in [5, 5.41) is 14.4. The third-order valence-electron chi connectivity index (χ3n) is 7.99. The molecule has 1 saturated carbocycles. The predicted octanol–water partition coefficient (Wildman–Crippen LogP) is 5.68. The number of hydrogen-bond acceptors (Lipinski definition) is 6. The van der Waals surface area contributed by atoms with Gasteiger partial charge in [0, 0.05) is 45.8 Å². The van der Waals surface area contributed by atoms with Crippen LogP contribution in [0, 0.1) is 18.3 Å². The lowest BCUT2D eigenvalue weighted by Crippen LogP contribution is -2.46. The van der Waals surface area contributed by atoms with Crippen LogP contribution < -0.4 is 5.32 Å². The van der Waals surface area contributed by atoms with Crippen LogP contribution in [0.1, 0.15) is 74.2 Å². The number of likely N-dealkylation sites (tertiary alicyclic amines) is 1. The zero-order valence-corrected chi connectivity index (χ0v) is 22.6. The van der Waals surface area contributed by atoms with Crippen molar-refractivity contribution in [2.75, 3.05) is 32.1 Å². The van der Waals surface area contributed by atoms with E-state index in [0.717, 1.165) is 55.2 Å². The van der Waals surface area contributed by atoms with Crippen LogP contribution in [0.3, 0.4) is 0 Å². The number of piperidine rings is 1. The molecule has 192 valence electrons. The number of methoxy groups -OCH3 is 1. The molecule has 0 spiro atoms. The molecule has 0 unspecified atom stereocenters. The van der Waals surface area contributed by atoms with Crippen molar-refractivity contribution >= 4 is 16.9 Å². The summed E-state index contributed by atoms with van der Waals surface area (Å²) in [5.74, 6) is 1.49. The first kappa shape index (κ1) is 26.8. The maximum atomic E-state index is 9.76. The van der Waals surface area contributed by atoms with Crippen molar-refractivity contribution in [2.24, 2.45) is 11.3 Å². The van der Waals surface area contributed by atoms with Crippen LogP contribution in [0.25, 0.3) is 10.9 Å². The minimum absolute atomic E-state index is 0. The highest BCUT2D eigenvalue weighted by atomic mass is 16.5. The van der Waals surface area contributed by atoms with Crippen molar-refractivity contribution in [3.63, 3.8) is 0 Å². The van der Waals surface area contributed by atoms with Gasteiger partial charge >= 0.3 is 0 Å². The van der Waals surface area contributed by atoms with E-state index in [1.165, 1.54) is 18.4 Å². The standard InChI is InChI=1S/C19H28N4O.C9H18O.H2/c1-14-5-6-17-15(11-14)12-20-18(22-17)21-16-7-9-23(10-8-16)13-19(2,3)24-4;1-8(2,7-5-6-7)9(3,4)10;/h5-6,11-12,16H,7-10,13H2,1-4H3,(H,20,21,22);7,10H,5-6H2,1-4H3;1H. The average Bonchev–Trinajstić information content (AvgIpc) is 3.61. The molecule has 1 saturated heterocycles. The van der Waals surface area contributed by atoms with Crippen LogP contribution >= 0.6 is 0 Å². The minimum atomic E-state index is -0.520. The van der Waals surface area contributed by atoms with Gasteiger partial charge in [0.25, 0.3) is 0 Å². The van der Waals surface area contributed by atoms with Crippen molar-refractivity contribution < 1.29 is 11.3 Å². The van der Waals surface area contributed by atoms with Crippen LogP contribution in [0.4, 0.5) is 5.95 Å². The van der Waals surface area contributed by atoms with Crippen molar-refractivity contribution in [3.8, 4) is 0 Å². The first-order valence-electron chi connectivity index (χ1n) is 12.8. The molecule has 6 heteroatoms. The number of aliphatic hydroxyl groups is 1. The Morgan fingerprint density at radius 3 is 2.26 bits per heavy atom. The second kappa shape index (κ2) is 10.5. The second-order valence-corrected chi connectivity index (χ2v) is 12.0. The van der Waals surface area contributed by atoms with E-state index in [2.05, 4.69) is 73.0 Å². The molecular formula is C28H48N4O2. The molecule has 0 atom stereocenters. The van der Waals surface area contributed by atoms with Gasteiger partial charge in [-0.2, -0.15) is 0 Å². The third kappa shape index (κ3) is 7.12. The molecule has 2 N–H and O–H groups in total. The SMILES string of the molecule is CC(C)(O)C(C)(C)C1CC1.COC(C)(C)CN1CCC(Nc2ncc3cc(C)ccc3n2)CC1.[HH]. The molecule has 1 aromatic heterocycles. The van der Waals surface area contributed by atoms with Gasteiger partial charge in [-0.05, 0) is 83.8 Å². The number of aromatic nitrogens is 2. The van der Waals surface area contributed by atoms with E-state index in [1.807, 2.05) is 20.0 Å². The smallest absolute Gasteiger partial charge is 0.223 e. The predicted molar refractivity (Wildman–Crippen MR) is 143 cm³/mol. The lowest BCUT2D eigenvalue weighted by atomic mass is 9.73. The van der Waals surface area contributed by atoms with Gasteiger partial charge in [-0.25, -0.2) is 9.97 Å². The molecule has 0 radical (unpaired) electrons. The molecule has 2 aliphatic rings. The zero-order chi connectivity index (χ0) is 25.1. The Kier molecular flexibility index (Phi) is 8.26. The number of nitrogens with one attached hydrogen (secondary N) is 1. The number of ether oxygens (including phenoxy) is 1. The maximum absolute atomic E-state index is 9.76. The highest BCUT2D eigenvalue weighted by Crippen LogP contribution is 2.50. The number of fused-ring (bicyclic) bond motifs is 1. The van der Waals surface area contributed by atoms with Crippen LogP contribution in [-0.2, 0) is 4.74 Å². The van der Waals surface area contributed by atoms with Crippen molar-refractivity contribution in [1.82, 2.24) is 14.9 Å². The number of benzene rings is 1. The largest absolute Gasteiger partial charge is 0.390 e. The summed E-state index contributed by atoms with van der Waals surface area (Å²) < 4.78 is 5.53. The Morgan fingerprint density at radius 2 is 1.74 bits per heavy atom. The molecule has 34 heavy (non-hydrogen) atoms. The van der Waals surface area contributed by atoms with Crippen LogP contribution in [0.2, 0.25) is 0 Å². The Morgan fingerprint density at radius 1 is 1.09 bits per heavy atom. The fraction of sp³-hybridized carbons (Fsp3) is 0.714. The summed E-state index contributed by atoms with van der Waals surface area (Å²) in [5.41, 5.74) is 1.73. The van der Waals surface area contributed by atoms with Crippen LogP contribution in [-0.4, -0.2) is 64.0 Å². The molecule has 2 fully saturated rings. The van der Waals surface area contributed by atoms with Gasteiger partial charge in [0.15, 0.2) is 0 Å². The van der Waals surface area contributed by atoms with Gasteiger partial charge in [-0.3, -0.25) is 0 Å². The molecule has 0 amide bonds. The lowest BCUT2D eigenvalue weighted by Gasteiger charge is -2.37. The zero-order valence-electron chi connectivity index (χ0n) is 22.6. The van der Waals surface area contributed by atoms with Gasteiger partial charge in [0.2, 0.25) is 5.95 Å². The maximum Gasteiger partial charge on any atom is 0.223 e. The molecule has 0 bridgehead atoms. The summed E-state index contributed by atoms with van der Waals surface area (Å²) in [6.07, 6.45) is 6.73. The quantitative estimate of drug-likeness (QED) is 0.540. The van der Waals surface area contributed by atoms with E-state index in [-0.39, 0.29) is 12.4 Å². The molecular weight excluding hydrogens is 424 g/mol. The minimum Gasteiger partial charge on any atom is -0.390 e. The van der Waals surface area contributed by atoms with Gasteiger partial charge in [0.1, 0.15) is 0 Å². The van der Waals surface area contributed by atoms with Crippen LogP contribution in [0.15, 0.2) is 24.4 Å². The van der Waals surface area contributed by atoms with E-state index in [0.29, 0.717) is 6.04 Å². The van der Waals surface area contributed by atoms with Crippen molar-refractivity contribution in [2.45, 2.75) is 91.4 Å². The number of hydrogen-bond donors (Lipinski definition) is 2. The molecule has 1 aliphatic carbocycles. The number of rotatable bonds is 7. The first-order chi connectivity index (χ1) is 15.8. The van der Waals surface area contributed by atoms with E-state index in [9.17, 15) is 5.11 Å². The molecule has 1 aliphatic heterocycles. The van der Waals surface area contributed by atoms with Crippen molar-refractivity contribution in [3.05, 3.63) is 30.0 Å². The van der Waals surface area contributed by atoms with E-state index in [4.69, 9.17) is 4.74 Å². The van der Waals surface area contributed by atoms with E-state index in [1.54, 1.807) is 7.11 Å². The van der Waals surface area contributed by atoms with Crippen LogP contribution in [0.5, 0.6) is 0 Å². The Hall–Kier alpha value is -1.76. The monoisotopic (exact) mass is 472 g/mol. The van der Waals surface area contributed by atoms with Gasteiger partial charge in [-0.15, -0.1) is 0 Å². The lowest BCUT2D eigenvalue weighted by molar-refractivity contribution is -0.0475. The average molecular weight is 473 g/mol. The highest BCUT2D eigenvalue weighted by molar-refractivity contribution is 5.79. The molecule has 2 aromatic rings. The summed E-state index contributed by atoms with van der Waals surface area (Å²) in [6, 6.07) is 6.71. The van der Waals surface area contributed by atoms with Gasteiger partial charge in [-0.1, -0.05) is 25.5 Å². The van der Waals surface area contributed by atoms with Gasteiger partial charge in [0.05, 0.1) is 16.7 Å². The fourth-order valence-electron chi connectivity index (χ4n) is 4.55. The molecule has 2 heterocycles. The first-order valence-corrected chi connectivity index (χ1v) is 12.8. The second-order valence-electron chi connectivity index (χ2n) is 12.0. The number of aryl methyl sites for hydroxylation is 1. The summed E-state index contributed by atoms with van der Waals surface area (Å²) in [4.78, 5) is 11.6. The van der Waals surface area contributed by atoms with Crippen molar-refractivity contribution in [1.29, 1.82) is 0 Å². The third-order valence-corrected chi connectivity index (χ3v) is 7.99. The van der Waals surface area contributed by atoms with E-state index >= 15 is 0 Å². The van der Waals surface area contributed by atoms with E-state index < -0.39 is 5.60 Å². The number of nitrogens with zero attached hydrogens (tertiary/aromatic N) is 3.